The minimum Gasteiger partial charge on any atom is -0.349 e. The fraction of sp³-hybridized carbons (Fsp3) is 0.350. The number of thioether (sulfide) groups is 1. The molecule has 0 bridgehead atoms. The lowest BCUT2D eigenvalue weighted by Gasteiger charge is -2.14. The molecule has 4 rings (SSSR count). The van der Waals surface area contributed by atoms with Gasteiger partial charge in [0, 0.05) is 22.4 Å². The van der Waals surface area contributed by atoms with Gasteiger partial charge in [0.1, 0.15) is 5.82 Å². The molecule has 1 aliphatic rings. The topological polar surface area (TPSA) is 59.8 Å². The predicted octanol–water partition coefficient (Wildman–Crippen LogP) is 4.89. The van der Waals surface area contributed by atoms with Crippen molar-refractivity contribution in [1.82, 2.24) is 20.1 Å². The van der Waals surface area contributed by atoms with Crippen LogP contribution >= 0.6 is 34.7 Å². The summed E-state index contributed by atoms with van der Waals surface area (Å²) >= 11 is 9.11. The molecule has 0 unspecified atom stereocenters. The van der Waals surface area contributed by atoms with Crippen molar-refractivity contribution in [3.05, 3.63) is 63.1 Å². The summed E-state index contributed by atoms with van der Waals surface area (Å²) in [5, 5.41) is 15.4. The molecule has 8 heteroatoms. The number of rotatable bonds is 8. The van der Waals surface area contributed by atoms with Gasteiger partial charge in [-0.2, -0.15) is 0 Å². The van der Waals surface area contributed by atoms with Crippen LogP contribution in [0.5, 0.6) is 0 Å². The third kappa shape index (κ3) is 4.77. The van der Waals surface area contributed by atoms with Gasteiger partial charge in [-0.05, 0) is 48.9 Å². The van der Waals surface area contributed by atoms with Gasteiger partial charge in [-0.3, -0.25) is 4.79 Å². The molecule has 1 N–H and O–H groups in total. The van der Waals surface area contributed by atoms with Crippen molar-refractivity contribution in [3.63, 3.8) is 0 Å². The molecule has 28 heavy (non-hydrogen) atoms. The molecule has 2 heterocycles. The van der Waals surface area contributed by atoms with Crippen LogP contribution in [0.2, 0.25) is 5.02 Å². The van der Waals surface area contributed by atoms with E-state index in [2.05, 4.69) is 37.6 Å². The molecule has 1 amide bonds. The summed E-state index contributed by atoms with van der Waals surface area (Å²) in [6.07, 6.45) is 3.10. The van der Waals surface area contributed by atoms with Crippen molar-refractivity contribution in [2.45, 2.75) is 43.4 Å². The molecule has 0 radical (unpaired) electrons. The first-order valence-electron chi connectivity index (χ1n) is 9.24. The smallest absolute Gasteiger partial charge is 0.230 e. The van der Waals surface area contributed by atoms with E-state index in [1.54, 1.807) is 11.3 Å². The monoisotopic (exact) mass is 432 g/mol. The maximum Gasteiger partial charge on any atom is 0.230 e. The molecule has 0 spiro atoms. The van der Waals surface area contributed by atoms with Gasteiger partial charge in [0.25, 0.3) is 0 Å². The highest BCUT2D eigenvalue weighted by Gasteiger charge is 2.30. The second-order valence-corrected chi connectivity index (χ2v) is 9.30. The Morgan fingerprint density at radius 1 is 1.32 bits per heavy atom. The van der Waals surface area contributed by atoms with Gasteiger partial charge >= 0.3 is 0 Å². The highest BCUT2D eigenvalue weighted by molar-refractivity contribution is 7.99. The number of halogens is 1. The molecular formula is C20H21ClN4OS2. The van der Waals surface area contributed by atoms with E-state index in [0.29, 0.717) is 16.8 Å². The molecule has 1 saturated carbocycles. The molecular weight excluding hydrogens is 412 g/mol. The summed E-state index contributed by atoms with van der Waals surface area (Å²) < 4.78 is 2.22. The highest BCUT2D eigenvalue weighted by atomic mass is 35.5. The van der Waals surface area contributed by atoms with Crippen molar-refractivity contribution in [3.8, 4) is 0 Å². The van der Waals surface area contributed by atoms with Gasteiger partial charge in [-0.25, -0.2) is 0 Å². The third-order valence-electron chi connectivity index (χ3n) is 4.64. The van der Waals surface area contributed by atoms with Crippen LogP contribution in [0.4, 0.5) is 0 Å². The SMILES string of the molecule is C[C@H](NC(=O)CSc1nnc(Cc2cccs2)n1C1CC1)c1ccc(Cl)cc1. The number of hydrogen-bond donors (Lipinski definition) is 1. The summed E-state index contributed by atoms with van der Waals surface area (Å²) in [6.45, 7) is 1.97. The predicted molar refractivity (Wildman–Crippen MR) is 114 cm³/mol. The number of aromatic nitrogens is 3. The van der Waals surface area contributed by atoms with Gasteiger partial charge < -0.3 is 9.88 Å². The molecule has 1 aromatic carbocycles. The molecule has 3 aromatic rings. The van der Waals surface area contributed by atoms with Crippen molar-refractivity contribution < 1.29 is 4.79 Å². The van der Waals surface area contributed by atoms with Gasteiger partial charge in [-0.1, -0.05) is 41.6 Å². The van der Waals surface area contributed by atoms with E-state index >= 15 is 0 Å². The first-order valence-corrected chi connectivity index (χ1v) is 11.5. The number of nitrogens with zero attached hydrogens (tertiary/aromatic N) is 3. The summed E-state index contributed by atoms with van der Waals surface area (Å²) in [7, 11) is 0. The Morgan fingerprint density at radius 3 is 2.79 bits per heavy atom. The van der Waals surface area contributed by atoms with E-state index in [1.165, 1.54) is 16.6 Å². The van der Waals surface area contributed by atoms with Crippen LogP contribution in [0.15, 0.2) is 46.9 Å². The standard InChI is InChI=1S/C20H21ClN4OS2/c1-13(14-4-6-15(21)7-5-14)22-19(26)12-28-20-24-23-18(25(20)16-8-9-16)11-17-3-2-10-27-17/h2-7,10,13,16H,8-9,11-12H2,1H3,(H,22,26)/t13-/m0/s1. The Balaban J connectivity index is 1.37. The Morgan fingerprint density at radius 2 is 2.11 bits per heavy atom. The lowest BCUT2D eigenvalue weighted by Crippen LogP contribution is -2.28. The Bertz CT molecular complexity index is 936. The van der Waals surface area contributed by atoms with Gasteiger partial charge in [0.15, 0.2) is 5.16 Å². The molecule has 0 saturated heterocycles. The lowest BCUT2D eigenvalue weighted by atomic mass is 10.1. The Hall–Kier alpha value is -1.83. The number of carbonyl (C=O) groups is 1. The summed E-state index contributed by atoms with van der Waals surface area (Å²) in [5.41, 5.74) is 1.03. The van der Waals surface area contributed by atoms with Crippen molar-refractivity contribution in [2.24, 2.45) is 0 Å². The zero-order valence-corrected chi connectivity index (χ0v) is 17.9. The van der Waals surface area contributed by atoms with Crippen LogP contribution in [0.1, 0.15) is 48.1 Å². The number of benzene rings is 1. The lowest BCUT2D eigenvalue weighted by molar-refractivity contribution is -0.119. The molecule has 146 valence electrons. The normalized spacial score (nSPS) is 14.8. The van der Waals surface area contributed by atoms with E-state index < -0.39 is 0 Å². The van der Waals surface area contributed by atoms with Gasteiger partial charge in [-0.15, -0.1) is 21.5 Å². The zero-order chi connectivity index (χ0) is 19.5. The van der Waals surface area contributed by atoms with E-state index in [1.807, 2.05) is 31.2 Å². The van der Waals surface area contributed by atoms with E-state index in [4.69, 9.17) is 11.6 Å². The van der Waals surface area contributed by atoms with E-state index in [9.17, 15) is 4.79 Å². The summed E-state index contributed by atoms with van der Waals surface area (Å²) in [5.74, 6) is 1.29. The minimum atomic E-state index is -0.0685. The van der Waals surface area contributed by atoms with Crippen LogP contribution in [-0.4, -0.2) is 26.4 Å². The highest BCUT2D eigenvalue weighted by Crippen LogP contribution is 2.39. The molecule has 1 aliphatic carbocycles. The molecule has 1 fully saturated rings. The fourth-order valence-electron chi connectivity index (χ4n) is 3.04. The van der Waals surface area contributed by atoms with E-state index in [0.717, 1.165) is 35.8 Å². The van der Waals surface area contributed by atoms with Crippen molar-refractivity contribution in [2.75, 3.05) is 5.75 Å². The third-order valence-corrected chi connectivity index (χ3v) is 6.71. The van der Waals surface area contributed by atoms with Crippen LogP contribution in [-0.2, 0) is 11.2 Å². The van der Waals surface area contributed by atoms with Crippen LogP contribution in [0.3, 0.4) is 0 Å². The van der Waals surface area contributed by atoms with Gasteiger partial charge in [0.05, 0.1) is 11.8 Å². The second-order valence-electron chi connectivity index (χ2n) is 6.89. The van der Waals surface area contributed by atoms with Crippen LogP contribution in [0, 0.1) is 0 Å². The van der Waals surface area contributed by atoms with Crippen LogP contribution < -0.4 is 5.32 Å². The number of hydrogen-bond acceptors (Lipinski definition) is 5. The Kier molecular flexibility index (Phi) is 6.04. The average molecular weight is 433 g/mol. The average Bonchev–Trinajstić information content (AvgIpc) is 3.23. The van der Waals surface area contributed by atoms with E-state index in [-0.39, 0.29) is 11.9 Å². The van der Waals surface area contributed by atoms with Crippen molar-refractivity contribution in [1.29, 1.82) is 0 Å². The minimum absolute atomic E-state index is 0.0161. The largest absolute Gasteiger partial charge is 0.349 e. The second kappa shape index (κ2) is 8.68. The molecule has 0 aliphatic heterocycles. The maximum absolute atomic E-state index is 12.4. The molecule has 2 aromatic heterocycles. The quantitative estimate of drug-likeness (QED) is 0.515. The number of thiophene rings is 1. The molecule has 5 nitrogen and oxygen atoms in total. The fourth-order valence-corrected chi connectivity index (χ4v) is 4.71. The number of nitrogens with one attached hydrogen (secondary N) is 1. The van der Waals surface area contributed by atoms with Crippen LogP contribution in [0.25, 0.3) is 0 Å². The first-order chi connectivity index (χ1) is 13.6. The number of amides is 1. The number of carbonyl (C=O) groups excluding carboxylic acids is 1. The Labute approximate surface area is 177 Å². The maximum atomic E-state index is 12.4. The zero-order valence-electron chi connectivity index (χ0n) is 15.5. The van der Waals surface area contributed by atoms with Gasteiger partial charge in [0.2, 0.25) is 5.91 Å². The molecule has 1 atom stereocenters. The summed E-state index contributed by atoms with van der Waals surface area (Å²) in [4.78, 5) is 13.7. The summed E-state index contributed by atoms with van der Waals surface area (Å²) in [6, 6.07) is 12.1. The van der Waals surface area contributed by atoms with Crippen molar-refractivity contribution >= 4 is 40.6 Å². The first kappa shape index (κ1) is 19.5.